The Hall–Kier alpha value is -2.53. The number of nitrogens with one attached hydrogen (secondary N) is 2. The van der Waals surface area contributed by atoms with E-state index in [0.29, 0.717) is 29.7 Å². The number of hydrogen-bond acceptors (Lipinski definition) is 8. The molecule has 0 aliphatic carbocycles. The number of aromatic nitrogens is 2. The van der Waals surface area contributed by atoms with Gasteiger partial charge in [-0.25, -0.2) is 19.8 Å². The summed E-state index contributed by atoms with van der Waals surface area (Å²) in [6.07, 6.45) is 1.17. The molecule has 2 aromatic rings. The number of benzene rings is 1. The van der Waals surface area contributed by atoms with Crippen LogP contribution in [0.1, 0.15) is 13.8 Å². The highest BCUT2D eigenvalue weighted by atomic mass is 35.5. The lowest BCUT2D eigenvalue weighted by molar-refractivity contribution is 0.247. The first-order valence-electron chi connectivity index (χ1n) is 8.98. The number of hydrogen-bond donors (Lipinski definition) is 3. The summed E-state index contributed by atoms with van der Waals surface area (Å²) in [4.78, 5) is 22.4. The Morgan fingerprint density at radius 1 is 1.20 bits per heavy atom. The van der Waals surface area contributed by atoms with Crippen molar-refractivity contribution in [2.75, 3.05) is 43.3 Å². The van der Waals surface area contributed by atoms with Crippen LogP contribution < -0.4 is 30.8 Å². The van der Waals surface area contributed by atoms with Gasteiger partial charge in [0.05, 0.1) is 26.1 Å². The van der Waals surface area contributed by atoms with Gasteiger partial charge in [-0.3, -0.25) is 10.7 Å². The Labute approximate surface area is 185 Å². The van der Waals surface area contributed by atoms with Gasteiger partial charge >= 0.3 is 6.03 Å². The van der Waals surface area contributed by atoms with Crippen LogP contribution >= 0.6 is 23.2 Å². The normalized spacial score (nSPS) is 11.8. The number of methoxy groups -OCH3 is 2. The summed E-state index contributed by atoms with van der Waals surface area (Å²) < 4.78 is 10.4. The van der Waals surface area contributed by atoms with Crippen LogP contribution in [0.5, 0.6) is 11.5 Å². The van der Waals surface area contributed by atoms with Gasteiger partial charge in [-0.1, -0.05) is 30.1 Å². The fraction of sp³-hybridized carbons (Fsp3) is 0.389. The van der Waals surface area contributed by atoms with Crippen LogP contribution in [0.25, 0.3) is 0 Å². The average molecular weight is 458 g/mol. The number of rotatable bonds is 8. The summed E-state index contributed by atoms with van der Waals surface area (Å²) in [6, 6.07) is 2.63. The predicted octanol–water partition coefficient (Wildman–Crippen LogP) is 3.42. The first-order chi connectivity index (χ1) is 14.2. The minimum absolute atomic E-state index is 0.145. The number of halogens is 2. The zero-order valence-corrected chi connectivity index (χ0v) is 18.9. The van der Waals surface area contributed by atoms with E-state index in [0.717, 1.165) is 0 Å². The van der Waals surface area contributed by atoms with Gasteiger partial charge in [0.2, 0.25) is 0 Å². The largest absolute Gasteiger partial charge is 0.495 e. The molecular weight excluding hydrogens is 433 g/mol. The molecule has 0 aliphatic heterocycles. The van der Waals surface area contributed by atoms with Gasteiger partial charge in [-0.05, 0) is 6.92 Å². The standard InChI is InChI=1S/C18H25Cl2N7O3/c1-6-27(21)10(2)24-13-8-14(23-9-22-13)26(3)18(28)25-17-15(19)11(29-4)7-12(30-5)16(17)20/h7-10H,6,21H2,1-5H3,(H,25,28)(H,22,23,24). The molecule has 30 heavy (non-hydrogen) atoms. The molecule has 0 spiro atoms. The molecule has 1 unspecified atom stereocenters. The molecule has 12 heteroatoms. The summed E-state index contributed by atoms with van der Waals surface area (Å²) in [6.45, 7) is 4.48. The molecular formula is C18H25Cl2N7O3. The van der Waals surface area contributed by atoms with Crippen molar-refractivity contribution < 1.29 is 14.3 Å². The molecule has 0 saturated heterocycles. The topological polar surface area (TPSA) is 118 Å². The van der Waals surface area contributed by atoms with Crippen molar-refractivity contribution in [3.05, 3.63) is 28.5 Å². The third kappa shape index (κ3) is 5.33. The highest BCUT2D eigenvalue weighted by Gasteiger charge is 2.22. The third-order valence-electron chi connectivity index (χ3n) is 4.33. The van der Waals surface area contributed by atoms with E-state index in [2.05, 4.69) is 20.6 Å². The van der Waals surface area contributed by atoms with Crippen molar-refractivity contribution in [2.24, 2.45) is 5.84 Å². The second-order valence-corrected chi connectivity index (χ2v) is 6.94. The van der Waals surface area contributed by atoms with Crippen molar-refractivity contribution in [2.45, 2.75) is 20.0 Å². The molecule has 0 bridgehead atoms. The molecule has 4 N–H and O–H groups in total. The van der Waals surface area contributed by atoms with Gasteiger partial charge in [-0.2, -0.15) is 0 Å². The molecule has 1 aromatic heterocycles. The van der Waals surface area contributed by atoms with Crippen LogP contribution in [-0.2, 0) is 0 Å². The number of amides is 2. The first-order valence-corrected chi connectivity index (χ1v) is 9.73. The van der Waals surface area contributed by atoms with Gasteiger partial charge in [-0.15, -0.1) is 0 Å². The maximum absolute atomic E-state index is 12.8. The highest BCUT2D eigenvalue weighted by molar-refractivity contribution is 6.41. The number of carbonyl (C=O) groups is 1. The fourth-order valence-electron chi connectivity index (χ4n) is 2.47. The summed E-state index contributed by atoms with van der Waals surface area (Å²) in [5, 5.41) is 7.71. The Kier molecular flexibility index (Phi) is 8.30. The van der Waals surface area contributed by atoms with Gasteiger partial charge in [0.15, 0.2) is 0 Å². The first kappa shape index (κ1) is 23.7. The van der Waals surface area contributed by atoms with E-state index in [4.69, 9.17) is 38.5 Å². The van der Waals surface area contributed by atoms with Crippen molar-refractivity contribution in [3.63, 3.8) is 0 Å². The van der Waals surface area contributed by atoms with Gasteiger partial charge in [0, 0.05) is 25.7 Å². The van der Waals surface area contributed by atoms with Crippen molar-refractivity contribution in [1.29, 1.82) is 0 Å². The third-order valence-corrected chi connectivity index (χ3v) is 5.08. The molecule has 1 aromatic carbocycles. The Morgan fingerprint density at radius 3 is 2.33 bits per heavy atom. The lowest BCUT2D eigenvalue weighted by Gasteiger charge is -2.24. The quantitative estimate of drug-likeness (QED) is 0.313. The van der Waals surface area contributed by atoms with E-state index < -0.39 is 6.03 Å². The lowest BCUT2D eigenvalue weighted by Crippen LogP contribution is -2.43. The molecule has 1 atom stereocenters. The highest BCUT2D eigenvalue weighted by Crippen LogP contribution is 2.44. The second-order valence-electron chi connectivity index (χ2n) is 6.19. The summed E-state index contributed by atoms with van der Waals surface area (Å²) in [5.74, 6) is 7.35. The minimum Gasteiger partial charge on any atom is -0.495 e. The zero-order valence-electron chi connectivity index (χ0n) is 17.4. The average Bonchev–Trinajstić information content (AvgIpc) is 2.75. The molecule has 0 saturated carbocycles. The molecule has 0 radical (unpaired) electrons. The number of nitrogens with zero attached hydrogens (tertiary/aromatic N) is 4. The molecule has 2 amide bonds. The number of urea groups is 1. The summed E-state index contributed by atoms with van der Waals surface area (Å²) in [7, 11) is 4.44. The van der Waals surface area contributed by atoms with E-state index in [-0.39, 0.29) is 21.9 Å². The summed E-state index contributed by atoms with van der Waals surface area (Å²) in [5.41, 5.74) is 0.161. The van der Waals surface area contributed by atoms with Crippen LogP contribution in [0.4, 0.5) is 22.1 Å². The van der Waals surface area contributed by atoms with Crippen molar-refractivity contribution >= 4 is 46.6 Å². The lowest BCUT2D eigenvalue weighted by atomic mass is 10.2. The Bertz CT molecular complexity index is 872. The number of nitrogens with two attached hydrogens (primary N) is 1. The van der Waals surface area contributed by atoms with E-state index in [1.165, 1.54) is 31.5 Å². The van der Waals surface area contributed by atoms with Gasteiger partial charge in [0.25, 0.3) is 0 Å². The minimum atomic E-state index is -0.527. The zero-order chi connectivity index (χ0) is 22.4. The van der Waals surface area contributed by atoms with Crippen LogP contribution in [0.2, 0.25) is 10.0 Å². The monoisotopic (exact) mass is 457 g/mol. The number of anilines is 3. The van der Waals surface area contributed by atoms with E-state index in [1.54, 1.807) is 18.1 Å². The van der Waals surface area contributed by atoms with E-state index in [9.17, 15) is 4.79 Å². The maximum Gasteiger partial charge on any atom is 0.327 e. The molecule has 10 nitrogen and oxygen atoms in total. The van der Waals surface area contributed by atoms with Gasteiger partial charge in [0.1, 0.15) is 39.5 Å². The maximum atomic E-state index is 12.8. The molecule has 0 fully saturated rings. The summed E-state index contributed by atoms with van der Waals surface area (Å²) >= 11 is 12.6. The molecule has 1 heterocycles. The Morgan fingerprint density at radius 2 is 1.80 bits per heavy atom. The molecule has 2 rings (SSSR count). The molecule has 0 aliphatic rings. The van der Waals surface area contributed by atoms with Crippen molar-refractivity contribution in [1.82, 2.24) is 15.0 Å². The Balaban J connectivity index is 2.24. The van der Waals surface area contributed by atoms with E-state index in [1.807, 2.05) is 13.8 Å². The van der Waals surface area contributed by atoms with Crippen LogP contribution in [0, 0.1) is 0 Å². The van der Waals surface area contributed by atoms with Crippen LogP contribution in [-0.4, -0.2) is 55.0 Å². The molecule has 164 valence electrons. The number of hydrazine groups is 1. The van der Waals surface area contributed by atoms with Crippen LogP contribution in [0.3, 0.4) is 0 Å². The second kappa shape index (κ2) is 10.5. The van der Waals surface area contributed by atoms with Crippen molar-refractivity contribution in [3.8, 4) is 11.5 Å². The number of ether oxygens (including phenoxy) is 2. The fourth-order valence-corrected chi connectivity index (χ4v) is 3.07. The van der Waals surface area contributed by atoms with Crippen LogP contribution in [0.15, 0.2) is 18.5 Å². The SMILES string of the molecule is CCN(N)C(C)Nc1cc(N(C)C(=O)Nc2c(Cl)c(OC)cc(OC)c2Cl)ncn1. The van der Waals surface area contributed by atoms with Gasteiger partial charge < -0.3 is 20.1 Å². The number of carbonyl (C=O) groups excluding carboxylic acids is 1. The predicted molar refractivity (Wildman–Crippen MR) is 119 cm³/mol. The van der Waals surface area contributed by atoms with E-state index >= 15 is 0 Å². The smallest absolute Gasteiger partial charge is 0.327 e.